The van der Waals surface area contributed by atoms with Crippen molar-refractivity contribution in [1.82, 2.24) is 10.2 Å². The van der Waals surface area contributed by atoms with E-state index in [4.69, 9.17) is 4.74 Å². The second-order valence-electron chi connectivity index (χ2n) is 13.5. The predicted octanol–water partition coefficient (Wildman–Crippen LogP) is 6.77. The van der Waals surface area contributed by atoms with Gasteiger partial charge in [0, 0.05) is 24.1 Å². The van der Waals surface area contributed by atoms with Crippen LogP contribution >= 0.6 is 0 Å². The first-order chi connectivity index (χ1) is 22.6. The van der Waals surface area contributed by atoms with Crippen LogP contribution in [0, 0.1) is 5.92 Å². The van der Waals surface area contributed by atoms with Gasteiger partial charge < -0.3 is 14.7 Å². The van der Waals surface area contributed by atoms with E-state index in [9.17, 15) is 27.9 Å². The summed E-state index contributed by atoms with van der Waals surface area (Å²) in [5.41, 5.74) is 0.602. The van der Waals surface area contributed by atoms with Crippen molar-refractivity contribution in [2.24, 2.45) is 10.9 Å². The van der Waals surface area contributed by atoms with Crippen LogP contribution in [0.2, 0.25) is 0 Å². The van der Waals surface area contributed by atoms with Crippen LogP contribution in [0.3, 0.4) is 0 Å². The van der Waals surface area contributed by atoms with Gasteiger partial charge in [-0.25, -0.2) is 22.8 Å². The molecule has 1 saturated heterocycles. The molecule has 4 amide bonds. The number of likely N-dealkylation sites (tertiary alicyclic amines) is 1. The van der Waals surface area contributed by atoms with Gasteiger partial charge in [-0.05, 0) is 83.7 Å². The van der Waals surface area contributed by atoms with Crippen LogP contribution in [-0.4, -0.2) is 71.5 Å². The number of sulfone groups is 1. The number of nitrogens with one attached hydrogen (secondary N) is 1. The van der Waals surface area contributed by atoms with E-state index in [-0.39, 0.29) is 23.7 Å². The van der Waals surface area contributed by atoms with Crippen molar-refractivity contribution in [2.75, 3.05) is 11.4 Å². The molecule has 254 valence electrons. The van der Waals surface area contributed by atoms with Crippen molar-refractivity contribution in [3.05, 3.63) is 84.4 Å². The van der Waals surface area contributed by atoms with Crippen LogP contribution in [0.4, 0.5) is 20.1 Å². The third-order valence-corrected chi connectivity index (χ3v) is 11.2. The fourth-order valence-corrected chi connectivity index (χ4v) is 7.79. The second kappa shape index (κ2) is 13.1. The second-order valence-corrected chi connectivity index (χ2v) is 16.0. The Hall–Kier alpha value is -4.71. The molecule has 3 aromatic carbocycles. The zero-order valence-electron chi connectivity index (χ0n) is 28.0. The van der Waals surface area contributed by atoms with Crippen LogP contribution in [0.5, 0.6) is 0 Å². The Bertz CT molecular complexity index is 1840. The van der Waals surface area contributed by atoms with Gasteiger partial charge in [-0.2, -0.15) is 4.99 Å². The number of urea groups is 1. The van der Waals surface area contributed by atoms with Crippen molar-refractivity contribution >= 4 is 39.6 Å². The SMILES string of the molecule is CC(C)S(=O)(=O)c1ccc(-c2ccccc2N2C(=O)N=C(NC(=O)OC(C)(C)C)[C@@]23CCN(C(=O)O)[C@H](C)C3Cc2ccccc2)cc1. The lowest BCUT2D eigenvalue weighted by Gasteiger charge is -2.53. The number of hydrogen-bond donors (Lipinski definition) is 2. The Labute approximate surface area is 281 Å². The molecule has 1 unspecified atom stereocenters. The molecule has 0 aromatic heterocycles. The summed E-state index contributed by atoms with van der Waals surface area (Å²) in [4.78, 5) is 47.5. The minimum absolute atomic E-state index is 0.0739. The van der Waals surface area contributed by atoms with Crippen molar-refractivity contribution in [3.63, 3.8) is 0 Å². The molecule has 0 saturated carbocycles. The minimum atomic E-state index is -3.51. The number of carbonyl (C=O) groups excluding carboxylic acids is 2. The maximum Gasteiger partial charge on any atom is 0.413 e. The quantitative estimate of drug-likeness (QED) is 0.294. The largest absolute Gasteiger partial charge is 0.465 e. The molecule has 3 atom stereocenters. The summed E-state index contributed by atoms with van der Waals surface area (Å²) in [7, 11) is -3.51. The van der Waals surface area contributed by atoms with Crippen LogP contribution in [0.1, 0.15) is 53.5 Å². The van der Waals surface area contributed by atoms with E-state index in [1.807, 2.05) is 49.4 Å². The number of piperidine rings is 1. The molecule has 12 heteroatoms. The molecule has 11 nitrogen and oxygen atoms in total. The molecule has 2 aliphatic rings. The molecule has 0 bridgehead atoms. The van der Waals surface area contributed by atoms with Crippen molar-refractivity contribution in [3.8, 4) is 11.1 Å². The Balaban J connectivity index is 1.69. The number of nitrogens with zero attached hydrogens (tertiary/aromatic N) is 3. The summed E-state index contributed by atoms with van der Waals surface area (Å²) < 4.78 is 31.3. The average Bonchev–Trinajstić information content (AvgIpc) is 3.28. The molecular weight excluding hydrogens is 632 g/mol. The fraction of sp³-hybridized carbons (Fsp3) is 0.389. The molecule has 5 rings (SSSR count). The molecule has 3 aromatic rings. The van der Waals surface area contributed by atoms with E-state index in [1.165, 1.54) is 4.90 Å². The number of amides is 4. The van der Waals surface area contributed by atoms with Gasteiger partial charge in [0.05, 0.1) is 15.8 Å². The third-order valence-electron chi connectivity index (χ3n) is 9.05. The molecule has 1 fully saturated rings. The number of anilines is 1. The third kappa shape index (κ3) is 6.53. The van der Waals surface area contributed by atoms with Gasteiger partial charge in [0.2, 0.25) is 0 Å². The number of para-hydroxylation sites is 1. The van der Waals surface area contributed by atoms with Gasteiger partial charge in [-0.15, -0.1) is 0 Å². The highest BCUT2D eigenvalue weighted by molar-refractivity contribution is 7.92. The zero-order chi connectivity index (χ0) is 35.0. The highest BCUT2D eigenvalue weighted by Gasteiger charge is 2.60. The van der Waals surface area contributed by atoms with Gasteiger partial charge in [-0.1, -0.05) is 60.7 Å². The normalized spacial score (nSPS) is 21.4. The van der Waals surface area contributed by atoms with Crippen molar-refractivity contribution < 1.29 is 32.6 Å². The monoisotopic (exact) mass is 674 g/mol. The van der Waals surface area contributed by atoms with E-state index in [2.05, 4.69) is 10.3 Å². The van der Waals surface area contributed by atoms with Gasteiger partial charge in [0.1, 0.15) is 17.0 Å². The predicted molar refractivity (Wildman–Crippen MR) is 184 cm³/mol. The smallest absolute Gasteiger partial charge is 0.413 e. The summed E-state index contributed by atoms with van der Waals surface area (Å²) in [6, 6.07) is 22.1. The first kappa shape index (κ1) is 34.6. The summed E-state index contributed by atoms with van der Waals surface area (Å²) in [6.07, 6.45) is -1.35. The van der Waals surface area contributed by atoms with Crippen LogP contribution in [0.25, 0.3) is 11.1 Å². The number of benzene rings is 3. The molecule has 2 N–H and O–H groups in total. The zero-order valence-corrected chi connectivity index (χ0v) is 28.8. The number of hydrogen-bond acceptors (Lipinski definition) is 6. The van der Waals surface area contributed by atoms with E-state index < -0.39 is 56.4 Å². The maximum absolute atomic E-state index is 14.2. The molecule has 0 radical (unpaired) electrons. The van der Waals surface area contributed by atoms with Crippen LogP contribution in [0.15, 0.2) is 88.8 Å². The van der Waals surface area contributed by atoms with Gasteiger partial charge in [0.15, 0.2) is 9.84 Å². The number of alkyl carbamates (subject to hydrolysis) is 1. The van der Waals surface area contributed by atoms with E-state index in [0.717, 1.165) is 5.56 Å². The average molecular weight is 675 g/mol. The van der Waals surface area contributed by atoms with Crippen molar-refractivity contribution in [1.29, 1.82) is 0 Å². The maximum atomic E-state index is 14.2. The summed E-state index contributed by atoms with van der Waals surface area (Å²) in [5, 5.41) is 12.4. The molecular formula is C36H42N4O7S. The van der Waals surface area contributed by atoms with Gasteiger partial charge in [0.25, 0.3) is 0 Å². The molecule has 48 heavy (non-hydrogen) atoms. The molecule has 2 aliphatic heterocycles. The van der Waals surface area contributed by atoms with Crippen molar-refractivity contribution in [2.45, 2.75) is 81.7 Å². The Morgan fingerprint density at radius 1 is 1.02 bits per heavy atom. The lowest BCUT2D eigenvalue weighted by atomic mass is 9.69. The highest BCUT2D eigenvalue weighted by Crippen LogP contribution is 2.48. The van der Waals surface area contributed by atoms with Crippen LogP contribution in [-0.2, 0) is 21.0 Å². The number of rotatable bonds is 6. The summed E-state index contributed by atoms with van der Waals surface area (Å²) in [6.45, 7) is 10.3. The molecule has 1 spiro atoms. The standard InChI is InChI=1S/C36H42N4O7S/c1-23(2)48(45,46)27-18-16-26(17-19-27)28-14-10-11-15-30(28)40-32(41)37-31(38-33(42)47-35(4,5)6)36(40)20-21-39(34(43)44)24(3)29(36)22-25-12-8-7-9-13-25/h7-19,23-24,29H,20-22H2,1-6H3,(H,43,44)(H,37,38,41,42)/t24-,29?,36+/m1/s1. The Morgan fingerprint density at radius 3 is 2.25 bits per heavy atom. The van der Waals surface area contributed by atoms with Gasteiger partial charge >= 0.3 is 18.2 Å². The summed E-state index contributed by atoms with van der Waals surface area (Å²) in [5.74, 6) is -0.468. The number of carbonyl (C=O) groups is 3. The first-order valence-electron chi connectivity index (χ1n) is 16.0. The lowest BCUT2D eigenvalue weighted by Crippen LogP contribution is -2.70. The topological polar surface area (TPSA) is 146 Å². The lowest BCUT2D eigenvalue weighted by molar-refractivity contribution is 0.0516. The van der Waals surface area contributed by atoms with E-state index in [0.29, 0.717) is 23.2 Å². The molecule has 2 heterocycles. The molecule has 0 aliphatic carbocycles. The Morgan fingerprint density at radius 2 is 1.65 bits per heavy atom. The number of amidine groups is 1. The highest BCUT2D eigenvalue weighted by atomic mass is 32.2. The number of aliphatic imine (C=N–C) groups is 1. The fourth-order valence-electron chi connectivity index (χ4n) is 6.73. The number of ether oxygens (including phenoxy) is 1. The first-order valence-corrected chi connectivity index (χ1v) is 17.5. The van der Waals surface area contributed by atoms with Gasteiger partial charge in [-0.3, -0.25) is 10.2 Å². The Kier molecular flexibility index (Phi) is 9.42. The summed E-state index contributed by atoms with van der Waals surface area (Å²) >= 11 is 0. The van der Waals surface area contributed by atoms with Crippen LogP contribution < -0.4 is 10.2 Å². The van der Waals surface area contributed by atoms with E-state index >= 15 is 0 Å². The minimum Gasteiger partial charge on any atom is -0.465 e. The van der Waals surface area contributed by atoms with E-state index in [1.54, 1.807) is 75.9 Å². The number of carboxylic acid groups (broad SMARTS) is 1.